The Morgan fingerprint density at radius 3 is 2.44 bits per heavy atom. The highest BCUT2D eigenvalue weighted by molar-refractivity contribution is 7.90. The molecule has 3 aromatic rings. The Morgan fingerprint density at radius 2 is 1.84 bits per heavy atom. The van der Waals surface area contributed by atoms with Gasteiger partial charge in [-0.2, -0.15) is 18.3 Å². The number of alkyl halides is 3. The number of aromatic nitrogens is 3. The number of amides is 1. The van der Waals surface area contributed by atoms with Gasteiger partial charge in [-0.25, -0.2) is 13.1 Å². The monoisotopic (exact) mass is 508 g/mol. The predicted molar refractivity (Wildman–Crippen MR) is 109 cm³/mol. The molecule has 0 spiro atoms. The molecule has 2 heterocycles. The van der Waals surface area contributed by atoms with Crippen LogP contribution >= 0.6 is 23.2 Å². The molecule has 0 atom stereocenters. The van der Waals surface area contributed by atoms with Gasteiger partial charge < -0.3 is 4.74 Å². The number of pyridine rings is 1. The highest BCUT2D eigenvalue weighted by atomic mass is 35.5. The number of ether oxygens (including phenoxy) is 1. The topological polar surface area (TPSA) is 103 Å². The van der Waals surface area contributed by atoms with Crippen LogP contribution in [-0.2, 0) is 23.2 Å². The number of sulfonamides is 1. The zero-order valence-corrected chi connectivity index (χ0v) is 18.6. The van der Waals surface area contributed by atoms with Crippen LogP contribution in [0.1, 0.15) is 16.1 Å². The van der Waals surface area contributed by atoms with Crippen molar-refractivity contribution >= 4 is 39.1 Å². The van der Waals surface area contributed by atoms with E-state index in [9.17, 15) is 26.4 Å². The lowest BCUT2D eigenvalue weighted by Gasteiger charge is -2.09. The number of carbonyl (C=O) groups excluding carboxylic acids is 1. The summed E-state index contributed by atoms with van der Waals surface area (Å²) in [6.07, 6.45) is -4.05. The Bertz CT molecular complexity index is 1310. The van der Waals surface area contributed by atoms with E-state index >= 15 is 0 Å². The van der Waals surface area contributed by atoms with Crippen LogP contribution < -0.4 is 9.46 Å². The van der Waals surface area contributed by atoms with Gasteiger partial charge in [-0.05, 0) is 24.3 Å². The SMILES string of the molecule is COc1ccc(Cl)c(S(=O)(=O)NC(=O)c2cc(-c3ncc(C(F)(F)F)cc3Cl)n(C)n2)c1. The number of halogens is 5. The third-order valence-electron chi connectivity index (χ3n) is 4.18. The first-order valence-corrected chi connectivity index (χ1v) is 10.7. The van der Waals surface area contributed by atoms with Crippen LogP contribution in [0.3, 0.4) is 0 Å². The molecule has 14 heteroatoms. The summed E-state index contributed by atoms with van der Waals surface area (Å²) in [7, 11) is -1.69. The number of rotatable bonds is 5. The van der Waals surface area contributed by atoms with Gasteiger partial charge in [-0.1, -0.05) is 23.2 Å². The molecule has 8 nitrogen and oxygen atoms in total. The Balaban J connectivity index is 1.92. The fourth-order valence-electron chi connectivity index (χ4n) is 2.63. The van der Waals surface area contributed by atoms with Gasteiger partial charge in [-0.3, -0.25) is 14.5 Å². The van der Waals surface area contributed by atoms with E-state index in [1.807, 2.05) is 4.72 Å². The van der Waals surface area contributed by atoms with Gasteiger partial charge in [0.1, 0.15) is 16.3 Å². The van der Waals surface area contributed by atoms with E-state index in [2.05, 4.69) is 10.1 Å². The lowest BCUT2D eigenvalue weighted by molar-refractivity contribution is -0.137. The maximum atomic E-state index is 12.8. The summed E-state index contributed by atoms with van der Waals surface area (Å²) in [5, 5.41) is 3.42. The molecular formula is C18H13Cl2F3N4O4S. The minimum atomic E-state index is -4.64. The second kappa shape index (κ2) is 8.60. The molecule has 0 radical (unpaired) electrons. The van der Waals surface area contributed by atoms with Crippen molar-refractivity contribution in [3.63, 3.8) is 0 Å². The molecule has 0 saturated heterocycles. The number of aryl methyl sites for hydroxylation is 1. The molecule has 0 aliphatic rings. The van der Waals surface area contributed by atoms with Crippen LogP contribution in [0.15, 0.2) is 41.4 Å². The fraction of sp³-hybridized carbons (Fsp3) is 0.167. The van der Waals surface area contributed by atoms with Crippen molar-refractivity contribution in [3.05, 3.63) is 57.8 Å². The third kappa shape index (κ3) is 4.81. The molecule has 1 aromatic carbocycles. The second-order valence-electron chi connectivity index (χ2n) is 6.32. The average Bonchev–Trinajstić information content (AvgIpc) is 3.08. The van der Waals surface area contributed by atoms with Gasteiger partial charge in [0.25, 0.3) is 15.9 Å². The Morgan fingerprint density at radius 1 is 1.16 bits per heavy atom. The van der Waals surface area contributed by atoms with Crippen molar-refractivity contribution in [2.24, 2.45) is 7.05 Å². The molecule has 0 aliphatic heterocycles. The summed E-state index contributed by atoms with van der Waals surface area (Å²) >= 11 is 11.9. The number of hydrogen-bond donors (Lipinski definition) is 1. The molecule has 0 aliphatic carbocycles. The van der Waals surface area contributed by atoms with E-state index in [1.165, 1.54) is 26.3 Å². The predicted octanol–water partition coefficient (Wildman–Crippen LogP) is 3.94. The molecule has 32 heavy (non-hydrogen) atoms. The van der Waals surface area contributed by atoms with E-state index in [1.54, 1.807) is 0 Å². The summed E-state index contributed by atoms with van der Waals surface area (Å²) in [5.74, 6) is -0.904. The van der Waals surface area contributed by atoms with Crippen LogP contribution in [0.25, 0.3) is 11.4 Å². The Hall–Kier alpha value is -2.83. The van der Waals surface area contributed by atoms with Crippen molar-refractivity contribution < 1.29 is 31.1 Å². The molecule has 0 bridgehead atoms. The van der Waals surface area contributed by atoms with Crippen LogP contribution in [0.4, 0.5) is 13.2 Å². The lowest BCUT2D eigenvalue weighted by atomic mass is 10.2. The highest BCUT2D eigenvalue weighted by Crippen LogP contribution is 2.34. The molecule has 1 amide bonds. The molecule has 0 unspecified atom stereocenters. The molecule has 0 fully saturated rings. The number of benzene rings is 1. The summed E-state index contributed by atoms with van der Waals surface area (Å²) in [6.45, 7) is 0. The number of nitrogens with zero attached hydrogens (tertiary/aromatic N) is 3. The zero-order valence-electron chi connectivity index (χ0n) is 16.2. The van der Waals surface area contributed by atoms with Crippen LogP contribution in [0, 0.1) is 0 Å². The first-order chi connectivity index (χ1) is 14.8. The first-order valence-electron chi connectivity index (χ1n) is 8.51. The van der Waals surface area contributed by atoms with Gasteiger partial charge >= 0.3 is 6.18 Å². The number of carbonyl (C=O) groups is 1. The van der Waals surface area contributed by atoms with Crippen molar-refractivity contribution in [3.8, 4) is 17.1 Å². The van der Waals surface area contributed by atoms with E-state index < -0.39 is 32.6 Å². The van der Waals surface area contributed by atoms with Crippen LogP contribution in [-0.4, -0.2) is 36.2 Å². The maximum Gasteiger partial charge on any atom is 0.417 e. The quantitative estimate of drug-likeness (QED) is 0.559. The summed E-state index contributed by atoms with van der Waals surface area (Å²) in [5.41, 5.74) is -1.38. The van der Waals surface area contributed by atoms with Crippen molar-refractivity contribution in [1.82, 2.24) is 19.5 Å². The van der Waals surface area contributed by atoms with Gasteiger partial charge in [0.2, 0.25) is 0 Å². The summed E-state index contributed by atoms with van der Waals surface area (Å²) in [4.78, 5) is 15.8. The third-order valence-corrected chi connectivity index (χ3v) is 6.28. The Kier molecular flexibility index (Phi) is 6.40. The van der Waals surface area contributed by atoms with Gasteiger partial charge in [0.05, 0.1) is 28.4 Å². The van der Waals surface area contributed by atoms with E-state index in [-0.39, 0.29) is 32.9 Å². The summed E-state index contributed by atoms with van der Waals surface area (Å²) in [6, 6.07) is 5.69. The van der Waals surface area contributed by atoms with Gasteiger partial charge in [0.15, 0.2) is 5.69 Å². The fourth-order valence-corrected chi connectivity index (χ4v) is 4.37. The second-order valence-corrected chi connectivity index (χ2v) is 8.79. The minimum Gasteiger partial charge on any atom is -0.497 e. The molecule has 2 aromatic heterocycles. The molecular weight excluding hydrogens is 496 g/mol. The molecule has 1 N–H and O–H groups in total. The number of nitrogens with one attached hydrogen (secondary N) is 1. The maximum absolute atomic E-state index is 12.8. The highest BCUT2D eigenvalue weighted by Gasteiger charge is 2.32. The van der Waals surface area contributed by atoms with Crippen molar-refractivity contribution in [1.29, 1.82) is 0 Å². The van der Waals surface area contributed by atoms with E-state index in [0.29, 0.717) is 12.3 Å². The smallest absolute Gasteiger partial charge is 0.417 e. The van der Waals surface area contributed by atoms with Gasteiger partial charge in [-0.15, -0.1) is 0 Å². The zero-order chi connectivity index (χ0) is 23.8. The average molecular weight is 509 g/mol. The normalized spacial score (nSPS) is 12.0. The van der Waals surface area contributed by atoms with Gasteiger partial charge in [0, 0.05) is 19.3 Å². The van der Waals surface area contributed by atoms with Crippen LogP contribution in [0.2, 0.25) is 10.0 Å². The number of hydrogen-bond acceptors (Lipinski definition) is 6. The first kappa shape index (κ1) is 23.8. The van der Waals surface area contributed by atoms with Crippen molar-refractivity contribution in [2.75, 3.05) is 7.11 Å². The largest absolute Gasteiger partial charge is 0.497 e. The van der Waals surface area contributed by atoms with E-state index in [4.69, 9.17) is 27.9 Å². The van der Waals surface area contributed by atoms with Crippen molar-refractivity contribution in [2.45, 2.75) is 11.1 Å². The minimum absolute atomic E-state index is 0.0765. The molecule has 0 saturated carbocycles. The van der Waals surface area contributed by atoms with Crippen LogP contribution in [0.5, 0.6) is 5.75 Å². The Labute approximate surface area is 190 Å². The van der Waals surface area contributed by atoms with E-state index in [0.717, 1.165) is 16.8 Å². The standard InChI is InChI=1S/C18H13Cl2F3N4O4S/c1-27-14(16-12(20)5-9(8-24-16)18(21,22)23)7-13(25-27)17(28)26-32(29,30)15-6-10(31-2)3-4-11(15)19/h3-8H,1-2H3,(H,26,28). The summed E-state index contributed by atoms with van der Waals surface area (Å²) < 4.78 is 71.6. The molecule has 170 valence electrons. The molecule has 3 rings (SSSR count). The number of methoxy groups -OCH3 is 1. The lowest BCUT2D eigenvalue weighted by Crippen LogP contribution is -2.31.